The highest BCUT2D eigenvalue weighted by Crippen LogP contribution is 2.33. The van der Waals surface area contributed by atoms with Gasteiger partial charge in [0.05, 0.1) is 10.6 Å². The quantitative estimate of drug-likeness (QED) is 0.624. The molecule has 3 aromatic rings. The summed E-state index contributed by atoms with van der Waals surface area (Å²) in [4.78, 5) is 26.4. The summed E-state index contributed by atoms with van der Waals surface area (Å²) in [6.07, 6.45) is 0. The topological polar surface area (TPSA) is 96.7 Å². The fraction of sp³-hybridized carbons (Fsp3) is 0.200. The van der Waals surface area contributed by atoms with E-state index in [9.17, 15) is 18.0 Å². The zero-order valence-electron chi connectivity index (χ0n) is 15.4. The molecule has 1 atom stereocenters. The van der Waals surface area contributed by atoms with Gasteiger partial charge in [-0.05, 0) is 43.3 Å². The van der Waals surface area contributed by atoms with E-state index in [1.54, 1.807) is 25.1 Å². The summed E-state index contributed by atoms with van der Waals surface area (Å²) in [5.74, 6) is -0.669. The van der Waals surface area contributed by atoms with Crippen LogP contribution in [0, 0.1) is 0 Å². The Kier molecular flexibility index (Phi) is 4.63. The lowest BCUT2D eigenvalue weighted by molar-refractivity contribution is -0.131. The Morgan fingerprint density at radius 2 is 1.79 bits per heavy atom. The van der Waals surface area contributed by atoms with Crippen molar-refractivity contribution in [3.8, 4) is 0 Å². The minimum absolute atomic E-state index is 0.0778. The monoisotopic (exact) mass is 432 g/mol. The summed E-state index contributed by atoms with van der Waals surface area (Å²) in [6, 6.07) is 14.0. The molecular formula is C20H17ClN2O5S. The van der Waals surface area contributed by atoms with Gasteiger partial charge in [-0.15, -0.1) is 0 Å². The number of benzene rings is 2. The van der Waals surface area contributed by atoms with E-state index in [2.05, 4.69) is 5.32 Å². The molecule has 0 aliphatic carbocycles. The summed E-state index contributed by atoms with van der Waals surface area (Å²) in [5.41, 5.74) is -0.810. The standard InChI is InChI=1S/C20H17ClN2O5S/c1-20(17-12-13-4-2-3-5-16(13)28-17)18(24)23(19(25)22-20)10-11-29(26,27)15-8-6-14(21)7-9-15/h2-9,12H,10-11H2,1H3,(H,22,25). The van der Waals surface area contributed by atoms with E-state index in [-0.39, 0.29) is 11.4 Å². The van der Waals surface area contributed by atoms with E-state index >= 15 is 0 Å². The van der Waals surface area contributed by atoms with Crippen molar-refractivity contribution in [1.29, 1.82) is 0 Å². The van der Waals surface area contributed by atoms with Gasteiger partial charge in [0.25, 0.3) is 5.91 Å². The summed E-state index contributed by atoms with van der Waals surface area (Å²) in [7, 11) is -3.69. The summed E-state index contributed by atoms with van der Waals surface area (Å²) >= 11 is 5.79. The highest BCUT2D eigenvalue weighted by molar-refractivity contribution is 7.91. The molecule has 1 N–H and O–H groups in total. The lowest BCUT2D eigenvalue weighted by atomic mass is 9.99. The first kappa shape index (κ1) is 19.5. The largest absolute Gasteiger partial charge is 0.458 e. The third-order valence-electron chi connectivity index (χ3n) is 4.95. The highest BCUT2D eigenvalue weighted by atomic mass is 35.5. The number of rotatable bonds is 5. The van der Waals surface area contributed by atoms with E-state index < -0.39 is 33.1 Å². The Morgan fingerprint density at radius 1 is 1.10 bits per heavy atom. The molecule has 2 heterocycles. The minimum Gasteiger partial charge on any atom is -0.458 e. The van der Waals surface area contributed by atoms with Crippen LogP contribution in [0.1, 0.15) is 12.7 Å². The van der Waals surface area contributed by atoms with Gasteiger partial charge in [0, 0.05) is 17.0 Å². The third kappa shape index (κ3) is 3.38. The number of halogens is 1. The summed E-state index contributed by atoms with van der Waals surface area (Å²) < 4.78 is 30.8. The van der Waals surface area contributed by atoms with Gasteiger partial charge in [-0.1, -0.05) is 29.8 Å². The van der Waals surface area contributed by atoms with Crippen LogP contribution in [-0.4, -0.2) is 37.6 Å². The van der Waals surface area contributed by atoms with Crippen LogP contribution in [0.4, 0.5) is 4.79 Å². The molecule has 150 valence electrons. The normalized spacial score (nSPS) is 19.7. The maximum atomic E-state index is 13.0. The predicted octanol–water partition coefficient (Wildman–Crippen LogP) is 3.33. The van der Waals surface area contributed by atoms with Crippen LogP contribution >= 0.6 is 11.6 Å². The van der Waals surface area contributed by atoms with E-state index in [4.69, 9.17) is 16.0 Å². The molecular weight excluding hydrogens is 416 g/mol. The number of fused-ring (bicyclic) bond motifs is 1. The molecule has 1 saturated heterocycles. The second-order valence-electron chi connectivity index (χ2n) is 6.93. The van der Waals surface area contributed by atoms with Crippen molar-refractivity contribution in [1.82, 2.24) is 10.2 Å². The third-order valence-corrected chi connectivity index (χ3v) is 6.91. The molecule has 1 aliphatic rings. The molecule has 1 aliphatic heterocycles. The summed E-state index contributed by atoms with van der Waals surface area (Å²) in [5, 5.41) is 3.84. The van der Waals surface area contributed by atoms with Gasteiger partial charge < -0.3 is 9.73 Å². The number of carbonyl (C=O) groups excluding carboxylic acids is 2. The molecule has 9 heteroatoms. The highest BCUT2D eigenvalue weighted by Gasteiger charge is 2.51. The van der Waals surface area contributed by atoms with Crippen molar-refractivity contribution in [3.05, 3.63) is 65.4 Å². The van der Waals surface area contributed by atoms with Crippen molar-refractivity contribution in [3.63, 3.8) is 0 Å². The maximum absolute atomic E-state index is 13.0. The van der Waals surface area contributed by atoms with Crippen LogP contribution in [-0.2, 0) is 20.2 Å². The molecule has 2 aromatic carbocycles. The van der Waals surface area contributed by atoms with Crippen LogP contribution in [0.2, 0.25) is 5.02 Å². The number of amides is 3. The fourth-order valence-corrected chi connectivity index (χ4v) is 4.60. The molecule has 1 unspecified atom stereocenters. The first-order chi connectivity index (χ1) is 13.7. The molecule has 4 rings (SSSR count). The lowest BCUT2D eigenvalue weighted by Crippen LogP contribution is -2.41. The maximum Gasteiger partial charge on any atom is 0.325 e. The second-order valence-corrected chi connectivity index (χ2v) is 9.48. The van der Waals surface area contributed by atoms with E-state index in [0.29, 0.717) is 16.4 Å². The van der Waals surface area contributed by atoms with Crippen molar-refractivity contribution in [2.75, 3.05) is 12.3 Å². The Morgan fingerprint density at radius 3 is 2.48 bits per heavy atom. The Hall–Kier alpha value is -2.84. The molecule has 0 radical (unpaired) electrons. The molecule has 0 spiro atoms. The van der Waals surface area contributed by atoms with Crippen molar-refractivity contribution in [2.45, 2.75) is 17.4 Å². The van der Waals surface area contributed by atoms with Gasteiger partial charge in [0.1, 0.15) is 11.3 Å². The van der Waals surface area contributed by atoms with Crippen LogP contribution in [0.15, 0.2) is 63.9 Å². The SMILES string of the molecule is CC1(c2cc3ccccc3o2)NC(=O)N(CCS(=O)(=O)c2ccc(Cl)cc2)C1=O. The van der Waals surface area contributed by atoms with Gasteiger partial charge in [-0.25, -0.2) is 13.2 Å². The fourth-order valence-electron chi connectivity index (χ4n) is 3.27. The van der Waals surface area contributed by atoms with Gasteiger partial charge in [-0.2, -0.15) is 0 Å². The van der Waals surface area contributed by atoms with Crippen LogP contribution < -0.4 is 5.32 Å². The van der Waals surface area contributed by atoms with Crippen molar-refractivity contribution in [2.24, 2.45) is 0 Å². The Bertz CT molecular complexity index is 1190. The van der Waals surface area contributed by atoms with Gasteiger partial charge in [-0.3, -0.25) is 9.69 Å². The molecule has 1 fully saturated rings. The molecule has 3 amide bonds. The lowest BCUT2D eigenvalue weighted by Gasteiger charge is -2.19. The molecule has 7 nitrogen and oxygen atoms in total. The van der Waals surface area contributed by atoms with Crippen LogP contribution in [0.5, 0.6) is 0 Å². The zero-order valence-corrected chi connectivity index (χ0v) is 17.0. The number of nitrogens with one attached hydrogen (secondary N) is 1. The first-order valence-corrected chi connectivity index (χ1v) is 10.9. The number of para-hydroxylation sites is 1. The molecule has 1 aromatic heterocycles. The minimum atomic E-state index is -3.69. The van der Waals surface area contributed by atoms with Gasteiger partial charge >= 0.3 is 6.03 Å². The number of furan rings is 1. The number of imide groups is 1. The first-order valence-electron chi connectivity index (χ1n) is 8.82. The van der Waals surface area contributed by atoms with Crippen LogP contribution in [0.25, 0.3) is 11.0 Å². The molecule has 0 saturated carbocycles. The average molecular weight is 433 g/mol. The number of sulfone groups is 1. The van der Waals surface area contributed by atoms with Gasteiger partial charge in [0.15, 0.2) is 15.4 Å². The van der Waals surface area contributed by atoms with E-state index in [1.807, 2.05) is 12.1 Å². The van der Waals surface area contributed by atoms with E-state index in [1.165, 1.54) is 24.3 Å². The van der Waals surface area contributed by atoms with Crippen molar-refractivity contribution < 1.29 is 22.4 Å². The number of carbonyl (C=O) groups is 2. The van der Waals surface area contributed by atoms with Crippen LogP contribution in [0.3, 0.4) is 0 Å². The van der Waals surface area contributed by atoms with Gasteiger partial charge in [0.2, 0.25) is 0 Å². The Balaban J connectivity index is 1.55. The summed E-state index contributed by atoms with van der Waals surface area (Å²) in [6.45, 7) is 1.27. The Labute approximate surface area is 172 Å². The van der Waals surface area contributed by atoms with E-state index in [0.717, 1.165) is 10.3 Å². The zero-order chi connectivity index (χ0) is 20.8. The predicted molar refractivity (Wildman–Crippen MR) is 107 cm³/mol. The number of urea groups is 1. The smallest absolute Gasteiger partial charge is 0.325 e. The average Bonchev–Trinajstić information content (AvgIpc) is 3.21. The number of hydrogen-bond donors (Lipinski definition) is 1. The second kappa shape index (κ2) is 6.89. The van der Waals surface area contributed by atoms with Crippen molar-refractivity contribution >= 4 is 44.3 Å². The number of nitrogens with zero attached hydrogens (tertiary/aromatic N) is 1. The number of hydrogen-bond acceptors (Lipinski definition) is 5. The molecule has 29 heavy (non-hydrogen) atoms. The molecule has 0 bridgehead atoms.